The Morgan fingerprint density at radius 2 is 2.32 bits per heavy atom. The Bertz CT molecular complexity index is 662. The standard InChI is InChI=1S/C15H19ClN4OS/c1-12-7-19(4-5-22(21)9-12)8-13-2-3-14(16)6-15(13)20-11-17-10-18-20/h2-3,6,10-12H,4-5,7-9H2,1H3/t12-,22-/m0/s1. The molecule has 1 aliphatic heterocycles. The van der Waals surface area contributed by atoms with Crippen molar-refractivity contribution in [3.05, 3.63) is 41.4 Å². The van der Waals surface area contributed by atoms with Crippen LogP contribution in [-0.4, -0.2) is 48.5 Å². The van der Waals surface area contributed by atoms with Crippen LogP contribution in [0.15, 0.2) is 30.9 Å². The van der Waals surface area contributed by atoms with E-state index in [0.717, 1.165) is 42.4 Å². The summed E-state index contributed by atoms with van der Waals surface area (Å²) in [6, 6.07) is 5.84. The monoisotopic (exact) mass is 338 g/mol. The van der Waals surface area contributed by atoms with Crippen molar-refractivity contribution in [1.29, 1.82) is 0 Å². The van der Waals surface area contributed by atoms with E-state index in [2.05, 4.69) is 21.9 Å². The zero-order valence-corrected chi connectivity index (χ0v) is 14.1. The van der Waals surface area contributed by atoms with Crippen molar-refractivity contribution in [3.63, 3.8) is 0 Å². The number of hydrogen-bond donors (Lipinski definition) is 0. The summed E-state index contributed by atoms with van der Waals surface area (Å²) in [7, 11) is -0.695. The maximum absolute atomic E-state index is 11.8. The van der Waals surface area contributed by atoms with Crippen molar-refractivity contribution in [1.82, 2.24) is 19.7 Å². The molecule has 0 amide bonds. The number of halogens is 1. The van der Waals surface area contributed by atoms with Gasteiger partial charge in [0.15, 0.2) is 0 Å². The van der Waals surface area contributed by atoms with E-state index in [1.807, 2.05) is 18.2 Å². The highest BCUT2D eigenvalue weighted by Crippen LogP contribution is 2.22. The lowest BCUT2D eigenvalue weighted by molar-refractivity contribution is 0.256. The number of rotatable bonds is 3. The maximum atomic E-state index is 11.8. The highest BCUT2D eigenvalue weighted by molar-refractivity contribution is 7.85. The third kappa shape index (κ3) is 3.74. The Morgan fingerprint density at radius 1 is 1.45 bits per heavy atom. The molecule has 22 heavy (non-hydrogen) atoms. The molecule has 7 heteroatoms. The van der Waals surface area contributed by atoms with Gasteiger partial charge in [0.2, 0.25) is 0 Å². The van der Waals surface area contributed by atoms with Crippen molar-refractivity contribution in [2.75, 3.05) is 24.6 Å². The molecule has 1 aliphatic rings. The quantitative estimate of drug-likeness (QED) is 0.860. The van der Waals surface area contributed by atoms with Crippen LogP contribution >= 0.6 is 11.6 Å². The second-order valence-corrected chi connectivity index (χ2v) is 7.82. The summed E-state index contributed by atoms with van der Waals surface area (Å²) < 4.78 is 13.6. The third-order valence-corrected chi connectivity index (χ3v) is 5.60. The Hall–Kier alpha value is -1.24. The van der Waals surface area contributed by atoms with Crippen LogP contribution < -0.4 is 0 Å². The number of benzene rings is 1. The van der Waals surface area contributed by atoms with Crippen LogP contribution in [0.5, 0.6) is 0 Å². The fourth-order valence-corrected chi connectivity index (χ4v) is 4.35. The van der Waals surface area contributed by atoms with Gasteiger partial charge in [-0.15, -0.1) is 0 Å². The van der Waals surface area contributed by atoms with Gasteiger partial charge < -0.3 is 0 Å². The molecule has 2 heterocycles. The summed E-state index contributed by atoms with van der Waals surface area (Å²) >= 11 is 6.13. The molecule has 1 aromatic carbocycles. The molecule has 0 radical (unpaired) electrons. The van der Waals surface area contributed by atoms with Crippen LogP contribution in [-0.2, 0) is 17.3 Å². The minimum absolute atomic E-state index is 0.449. The Morgan fingerprint density at radius 3 is 3.09 bits per heavy atom. The lowest BCUT2D eigenvalue weighted by atomic mass is 10.1. The molecule has 3 rings (SSSR count). The van der Waals surface area contributed by atoms with Crippen molar-refractivity contribution in [2.24, 2.45) is 5.92 Å². The first-order valence-corrected chi connectivity index (χ1v) is 9.19. The van der Waals surface area contributed by atoms with E-state index in [1.165, 1.54) is 6.33 Å². The summed E-state index contributed by atoms with van der Waals surface area (Å²) in [5, 5.41) is 4.89. The van der Waals surface area contributed by atoms with Gasteiger partial charge in [-0.3, -0.25) is 9.11 Å². The Kier molecular flexibility index (Phi) is 4.90. The molecule has 0 unspecified atom stereocenters. The van der Waals surface area contributed by atoms with Gasteiger partial charge in [-0.1, -0.05) is 24.6 Å². The zero-order valence-electron chi connectivity index (χ0n) is 12.5. The van der Waals surface area contributed by atoms with E-state index < -0.39 is 10.8 Å². The van der Waals surface area contributed by atoms with Gasteiger partial charge in [0.25, 0.3) is 0 Å². The average Bonchev–Trinajstić information content (AvgIpc) is 2.95. The highest BCUT2D eigenvalue weighted by Gasteiger charge is 2.20. The Labute approximate surface area is 137 Å². The van der Waals surface area contributed by atoms with Gasteiger partial charge in [-0.25, -0.2) is 9.67 Å². The lowest BCUT2D eigenvalue weighted by Crippen LogP contribution is -2.29. The molecule has 2 aromatic rings. The molecule has 0 spiro atoms. The second kappa shape index (κ2) is 6.89. The zero-order chi connectivity index (χ0) is 15.5. The smallest absolute Gasteiger partial charge is 0.138 e. The van der Waals surface area contributed by atoms with Crippen molar-refractivity contribution in [3.8, 4) is 5.69 Å². The van der Waals surface area contributed by atoms with Gasteiger partial charge in [-0.2, -0.15) is 5.10 Å². The predicted molar refractivity (Wildman–Crippen MR) is 88.7 cm³/mol. The average molecular weight is 339 g/mol. The van der Waals surface area contributed by atoms with Crippen LogP contribution in [0.2, 0.25) is 5.02 Å². The molecule has 5 nitrogen and oxygen atoms in total. The normalized spacial score (nSPS) is 23.4. The maximum Gasteiger partial charge on any atom is 0.138 e. The second-order valence-electron chi connectivity index (χ2n) is 5.76. The summed E-state index contributed by atoms with van der Waals surface area (Å²) in [5.74, 6) is 1.99. The molecule has 0 aliphatic carbocycles. The SMILES string of the molecule is C[C@H]1CN(Cc2ccc(Cl)cc2-n2cncn2)CC[S@](=O)C1. The van der Waals surface area contributed by atoms with Gasteiger partial charge in [0.05, 0.1) is 5.69 Å². The van der Waals surface area contributed by atoms with Crippen molar-refractivity contribution in [2.45, 2.75) is 13.5 Å². The van der Waals surface area contributed by atoms with E-state index in [1.54, 1.807) is 11.0 Å². The molecular formula is C15H19ClN4OS. The van der Waals surface area contributed by atoms with Gasteiger partial charge >= 0.3 is 0 Å². The van der Waals surface area contributed by atoms with Crippen molar-refractivity contribution < 1.29 is 4.21 Å². The minimum Gasteiger partial charge on any atom is -0.298 e. The molecule has 2 atom stereocenters. The van der Waals surface area contributed by atoms with E-state index in [-0.39, 0.29) is 0 Å². The first kappa shape index (κ1) is 15.6. The molecule has 118 valence electrons. The molecule has 0 saturated carbocycles. The van der Waals surface area contributed by atoms with Crippen LogP contribution in [0.25, 0.3) is 5.69 Å². The fourth-order valence-electron chi connectivity index (χ4n) is 2.82. The lowest BCUT2D eigenvalue weighted by Gasteiger charge is -2.23. The highest BCUT2D eigenvalue weighted by atomic mass is 35.5. The first-order valence-electron chi connectivity index (χ1n) is 7.32. The number of nitrogens with zero attached hydrogens (tertiary/aromatic N) is 4. The minimum atomic E-state index is -0.695. The number of hydrogen-bond acceptors (Lipinski definition) is 4. The molecule has 0 N–H and O–H groups in total. The van der Waals surface area contributed by atoms with Crippen LogP contribution in [0, 0.1) is 5.92 Å². The van der Waals surface area contributed by atoms with E-state index in [0.29, 0.717) is 10.9 Å². The van der Waals surface area contributed by atoms with Crippen molar-refractivity contribution >= 4 is 22.4 Å². The summed E-state index contributed by atoms with van der Waals surface area (Å²) in [5.41, 5.74) is 2.10. The first-order chi connectivity index (χ1) is 10.6. The van der Waals surface area contributed by atoms with Crippen LogP contribution in [0.4, 0.5) is 0 Å². The molecule has 1 fully saturated rings. The third-order valence-electron chi connectivity index (χ3n) is 3.78. The van der Waals surface area contributed by atoms with Gasteiger partial charge in [0.1, 0.15) is 12.7 Å². The van der Waals surface area contributed by atoms with E-state index in [4.69, 9.17) is 11.6 Å². The molecule has 1 aromatic heterocycles. The van der Waals surface area contributed by atoms with Gasteiger partial charge in [-0.05, 0) is 23.6 Å². The predicted octanol–water partition coefficient (Wildman–Crippen LogP) is 2.12. The summed E-state index contributed by atoms with van der Waals surface area (Å²) in [6.07, 6.45) is 3.19. The topological polar surface area (TPSA) is 51.0 Å². The Balaban J connectivity index is 1.84. The largest absolute Gasteiger partial charge is 0.298 e. The molecule has 1 saturated heterocycles. The van der Waals surface area contributed by atoms with E-state index >= 15 is 0 Å². The van der Waals surface area contributed by atoms with Crippen LogP contribution in [0.3, 0.4) is 0 Å². The number of aromatic nitrogens is 3. The van der Waals surface area contributed by atoms with Gasteiger partial charge in [0, 0.05) is 47.0 Å². The van der Waals surface area contributed by atoms with Crippen LogP contribution in [0.1, 0.15) is 12.5 Å². The summed E-state index contributed by atoms with van der Waals surface area (Å²) in [6.45, 7) is 4.78. The molecule has 0 bridgehead atoms. The van der Waals surface area contributed by atoms with E-state index in [9.17, 15) is 4.21 Å². The fraction of sp³-hybridized carbons (Fsp3) is 0.467. The molecular weight excluding hydrogens is 320 g/mol. The summed E-state index contributed by atoms with van der Waals surface area (Å²) in [4.78, 5) is 6.37.